The van der Waals surface area contributed by atoms with E-state index in [1.165, 1.54) is 27.9 Å². The van der Waals surface area contributed by atoms with Crippen LogP contribution in [0.2, 0.25) is 0 Å². The van der Waals surface area contributed by atoms with Gasteiger partial charge in [0.25, 0.3) is 0 Å². The van der Waals surface area contributed by atoms with Crippen molar-refractivity contribution in [3.8, 4) is 22.3 Å². The van der Waals surface area contributed by atoms with E-state index < -0.39 is 0 Å². The van der Waals surface area contributed by atoms with Crippen molar-refractivity contribution in [2.24, 2.45) is 0 Å². The fraction of sp³-hybridized carbons (Fsp3) is 0.100. The number of hydrogen-bond acceptors (Lipinski definition) is 1. The normalized spacial score (nSPS) is 10.4. The van der Waals surface area contributed by atoms with E-state index in [4.69, 9.17) is 0 Å². The molecule has 0 aliphatic heterocycles. The Bertz CT molecular complexity index is 715. The smallest absolute Gasteiger partial charge is 0.0446 e. The van der Waals surface area contributed by atoms with Crippen LogP contribution in [-0.2, 0) is 0 Å². The van der Waals surface area contributed by atoms with Crippen molar-refractivity contribution >= 4 is 5.69 Å². The summed E-state index contributed by atoms with van der Waals surface area (Å²) in [4.78, 5) is 2.18. The van der Waals surface area contributed by atoms with Crippen LogP contribution in [0, 0.1) is 0 Å². The molecule has 1 heteroatoms. The number of nitrogens with zero attached hydrogens (tertiary/aromatic N) is 1. The Morgan fingerprint density at radius 1 is 0.571 bits per heavy atom. The second kappa shape index (κ2) is 5.84. The molecule has 0 radical (unpaired) electrons. The maximum atomic E-state index is 2.26. The first kappa shape index (κ1) is 13.4. The molecule has 0 saturated heterocycles. The molecule has 0 aliphatic rings. The molecule has 0 amide bonds. The van der Waals surface area contributed by atoms with Crippen LogP contribution in [0.25, 0.3) is 22.3 Å². The van der Waals surface area contributed by atoms with Crippen molar-refractivity contribution in [1.82, 2.24) is 0 Å². The summed E-state index contributed by atoms with van der Waals surface area (Å²) in [5.41, 5.74) is 6.25. The third-order valence-electron chi connectivity index (χ3n) is 3.67. The lowest BCUT2D eigenvalue weighted by molar-refractivity contribution is 1.13. The molecule has 0 saturated carbocycles. The van der Waals surface area contributed by atoms with E-state index in [1.54, 1.807) is 0 Å². The molecule has 104 valence electrons. The number of benzene rings is 3. The summed E-state index contributed by atoms with van der Waals surface area (Å²) >= 11 is 0. The lowest BCUT2D eigenvalue weighted by atomic mass is 9.98. The van der Waals surface area contributed by atoms with Crippen LogP contribution < -0.4 is 4.90 Å². The molecule has 0 N–H and O–H groups in total. The summed E-state index contributed by atoms with van der Waals surface area (Å²) in [5, 5.41) is 0. The molecule has 0 unspecified atom stereocenters. The van der Waals surface area contributed by atoms with Gasteiger partial charge in [-0.2, -0.15) is 0 Å². The first-order chi connectivity index (χ1) is 10.3. The van der Waals surface area contributed by atoms with Crippen LogP contribution in [0.5, 0.6) is 0 Å². The first-order valence-corrected chi connectivity index (χ1v) is 7.18. The summed E-state index contributed by atoms with van der Waals surface area (Å²) < 4.78 is 0. The largest absolute Gasteiger partial charge is 0.377 e. The molecule has 0 aliphatic carbocycles. The lowest BCUT2D eigenvalue weighted by Crippen LogP contribution is -2.10. The van der Waals surface area contributed by atoms with Crippen molar-refractivity contribution in [1.29, 1.82) is 0 Å². The Morgan fingerprint density at radius 3 is 1.71 bits per heavy atom. The molecule has 3 aromatic rings. The van der Waals surface area contributed by atoms with Gasteiger partial charge in [-0.1, -0.05) is 72.8 Å². The minimum atomic E-state index is 1.24. The minimum Gasteiger partial charge on any atom is -0.377 e. The Labute approximate surface area is 126 Å². The zero-order valence-corrected chi connectivity index (χ0v) is 12.5. The van der Waals surface area contributed by atoms with Crippen LogP contribution >= 0.6 is 0 Å². The molecule has 0 spiro atoms. The van der Waals surface area contributed by atoms with Crippen LogP contribution in [0.15, 0.2) is 78.9 Å². The molecule has 0 heterocycles. The predicted octanol–water partition coefficient (Wildman–Crippen LogP) is 5.09. The van der Waals surface area contributed by atoms with E-state index in [0.29, 0.717) is 0 Å². The highest BCUT2D eigenvalue weighted by atomic mass is 15.1. The zero-order chi connectivity index (χ0) is 14.7. The third-order valence-corrected chi connectivity index (χ3v) is 3.67. The quantitative estimate of drug-likeness (QED) is 0.642. The molecule has 3 aromatic carbocycles. The molecule has 0 bridgehead atoms. The van der Waals surface area contributed by atoms with Crippen molar-refractivity contribution in [2.45, 2.75) is 0 Å². The van der Waals surface area contributed by atoms with Gasteiger partial charge in [-0.05, 0) is 22.8 Å². The average molecular weight is 273 g/mol. The second-order valence-electron chi connectivity index (χ2n) is 5.36. The summed E-state index contributed by atoms with van der Waals surface area (Å²) in [6.07, 6.45) is 0. The van der Waals surface area contributed by atoms with Crippen molar-refractivity contribution in [2.75, 3.05) is 19.0 Å². The van der Waals surface area contributed by atoms with Gasteiger partial charge >= 0.3 is 0 Å². The second-order valence-corrected chi connectivity index (χ2v) is 5.36. The van der Waals surface area contributed by atoms with E-state index in [-0.39, 0.29) is 0 Å². The molecule has 3 rings (SSSR count). The van der Waals surface area contributed by atoms with Gasteiger partial charge in [0.15, 0.2) is 0 Å². The van der Waals surface area contributed by atoms with Crippen LogP contribution in [0.3, 0.4) is 0 Å². The maximum Gasteiger partial charge on any atom is 0.0446 e. The molecule has 0 aromatic heterocycles. The highest BCUT2D eigenvalue weighted by Gasteiger charge is 2.08. The van der Waals surface area contributed by atoms with E-state index in [2.05, 4.69) is 97.9 Å². The van der Waals surface area contributed by atoms with Crippen LogP contribution in [-0.4, -0.2) is 14.1 Å². The van der Waals surface area contributed by atoms with Gasteiger partial charge in [0.1, 0.15) is 0 Å². The predicted molar refractivity (Wildman–Crippen MR) is 91.6 cm³/mol. The van der Waals surface area contributed by atoms with Crippen LogP contribution in [0.1, 0.15) is 0 Å². The fourth-order valence-corrected chi connectivity index (χ4v) is 2.57. The van der Waals surface area contributed by atoms with Gasteiger partial charge < -0.3 is 4.90 Å². The summed E-state index contributed by atoms with van der Waals surface area (Å²) in [5.74, 6) is 0. The molecule has 21 heavy (non-hydrogen) atoms. The van der Waals surface area contributed by atoms with E-state index in [9.17, 15) is 0 Å². The van der Waals surface area contributed by atoms with Gasteiger partial charge in [-0.3, -0.25) is 0 Å². The Hall–Kier alpha value is -2.54. The lowest BCUT2D eigenvalue weighted by Gasteiger charge is -2.19. The maximum absolute atomic E-state index is 2.26. The minimum absolute atomic E-state index is 1.24. The Morgan fingerprint density at radius 2 is 1.14 bits per heavy atom. The van der Waals surface area contributed by atoms with Crippen molar-refractivity contribution < 1.29 is 0 Å². The number of anilines is 1. The summed E-state index contributed by atoms with van der Waals surface area (Å²) in [7, 11) is 4.19. The monoisotopic (exact) mass is 273 g/mol. The summed E-state index contributed by atoms with van der Waals surface area (Å²) in [6.45, 7) is 0. The zero-order valence-electron chi connectivity index (χ0n) is 12.5. The first-order valence-electron chi connectivity index (χ1n) is 7.18. The SMILES string of the molecule is CN(C)c1cc(-c2ccccc2)ccc1-c1ccccc1. The molecular weight excluding hydrogens is 254 g/mol. The van der Waals surface area contributed by atoms with Gasteiger partial charge in [0, 0.05) is 25.3 Å². The van der Waals surface area contributed by atoms with Gasteiger partial charge in [-0.15, -0.1) is 0 Å². The number of rotatable bonds is 3. The topological polar surface area (TPSA) is 3.24 Å². The fourth-order valence-electron chi connectivity index (χ4n) is 2.57. The molecule has 1 nitrogen and oxygen atoms in total. The highest BCUT2D eigenvalue weighted by molar-refractivity contribution is 5.83. The van der Waals surface area contributed by atoms with Gasteiger partial charge in [0.2, 0.25) is 0 Å². The van der Waals surface area contributed by atoms with Gasteiger partial charge in [0.05, 0.1) is 0 Å². The Balaban J connectivity index is 2.12. The molecular formula is C20H19N. The third kappa shape index (κ3) is 2.82. The van der Waals surface area contributed by atoms with E-state index >= 15 is 0 Å². The van der Waals surface area contributed by atoms with Crippen molar-refractivity contribution in [3.05, 3.63) is 78.9 Å². The van der Waals surface area contributed by atoms with Crippen LogP contribution in [0.4, 0.5) is 5.69 Å². The standard InChI is InChI=1S/C20H19N/c1-21(2)20-15-18(16-9-5-3-6-10-16)13-14-19(20)17-11-7-4-8-12-17/h3-15H,1-2H3. The van der Waals surface area contributed by atoms with E-state index in [1.807, 2.05) is 0 Å². The molecule has 0 atom stereocenters. The highest BCUT2D eigenvalue weighted by Crippen LogP contribution is 2.33. The van der Waals surface area contributed by atoms with Crippen molar-refractivity contribution in [3.63, 3.8) is 0 Å². The molecule has 0 fully saturated rings. The van der Waals surface area contributed by atoms with E-state index in [0.717, 1.165) is 0 Å². The number of hydrogen-bond donors (Lipinski definition) is 0. The Kier molecular flexibility index (Phi) is 3.74. The average Bonchev–Trinajstić information content (AvgIpc) is 2.56. The summed E-state index contributed by atoms with van der Waals surface area (Å²) in [6, 6.07) is 27.7. The van der Waals surface area contributed by atoms with Gasteiger partial charge in [-0.25, -0.2) is 0 Å².